The van der Waals surface area contributed by atoms with Gasteiger partial charge in [0.1, 0.15) is 115 Å². The minimum Gasteiger partial charge on any atom is -0.508 e. The van der Waals surface area contributed by atoms with Crippen LogP contribution >= 0.6 is 0 Å². The van der Waals surface area contributed by atoms with Crippen molar-refractivity contribution in [3.05, 3.63) is 101 Å². The number of carbonyl (C=O) groups excluding carboxylic acids is 2. The van der Waals surface area contributed by atoms with Crippen molar-refractivity contribution in [3.8, 4) is 57.5 Å². The number of rotatable bonds is 20. The van der Waals surface area contributed by atoms with E-state index < -0.39 is 184 Å². The lowest BCUT2D eigenvalue weighted by Crippen LogP contribution is -2.61. The third-order valence-electron chi connectivity index (χ3n) is 15.3. The van der Waals surface area contributed by atoms with Crippen LogP contribution in [0.3, 0.4) is 0 Å². The highest BCUT2D eigenvalue weighted by Gasteiger charge is 2.51. The summed E-state index contributed by atoms with van der Waals surface area (Å²) in [5.74, 6) is -5.44. The van der Waals surface area contributed by atoms with Crippen LogP contribution in [0, 0.1) is 0 Å². The van der Waals surface area contributed by atoms with Gasteiger partial charge in [0.05, 0.1) is 39.1 Å². The molecule has 21 unspecified atom stereocenters. The summed E-state index contributed by atoms with van der Waals surface area (Å²) in [5, 5.41) is 181. The number of aliphatic hydroxyl groups is 12. The van der Waals surface area contributed by atoms with Crippen molar-refractivity contribution in [1.29, 1.82) is 0 Å². The molecule has 5 aliphatic rings. The number of fused-ring (bicyclic) bond motifs is 1. The van der Waals surface area contributed by atoms with Crippen LogP contribution in [-0.2, 0) is 47.5 Å². The average Bonchev–Trinajstić information content (AvgIpc) is 0.986. The van der Waals surface area contributed by atoms with Crippen LogP contribution in [0.4, 0.5) is 0 Å². The van der Waals surface area contributed by atoms with E-state index in [0.717, 1.165) is 30.4 Å². The van der Waals surface area contributed by atoms with Gasteiger partial charge in [-0.05, 0) is 72.7 Å². The number of hydrogen-bond donors (Lipinski definition) is 17. The van der Waals surface area contributed by atoms with E-state index in [1.165, 1.54) is 81.8 Å². The highest BCUT2D eigenvalue weighted by atomic mass is 16.7. The molecule has 4 aromatic rings. The lowest BCUT2D eigenvalue weighted by Gasteiger charge is -2.43. The third kappa shape index (κ3) is 14.9. The van der Waals surface area contributed by atoms with Crippen LogP contribution in [0.25, 0.3) is 18.2 Å². The Morgan fingerprint density at radius 2 is 1.04 bits per heavy atom. The molecule has 0 aromatic heterocycles. The molecular weight excluding hydrogens is 1220 g/mol. The van der Waals surface area contributed by atoms with E-state index in [1.807, 2.05) is 0 Å². The van der Waals surface area contributed by atoms with Crippen LogP contribution in [0.15, 0.2) is 78.6 Å². The number of esters is 2. The zero-order chi connectivity index (χ0) is 65.9. The first-order valence-electron chi connectivity index (χ1n) is 27.9. The van der Waals surface area contributed by atoms with E-state index >= 15 is 0 Å². The first-order valence-corrected chi connectivity index (χ1v) is 27.9. The van der Waals surface area contributed by atoms with Gasteiger partial charge in [-0.1, -0.05) is 12.1 Å². The maximum absolute atomic E-state index is 13.1. The van der Waals surface area contributed by atoms with Gasteiger partial charge in [-0.15, -0.1) is 0 Å². The van der Waals surface area contributed by atoms with Crippen LogP contribution in [-0.4, -0.2) is 256 Å². The van der Waals surface area contributed by atoms with Gasteiger partial charge < -0.3 is 148 Å². The van der Waals surface area contributed by atoms with Crippen LogP contribution < -0.4 is 23.7 Å². The Bertz CT molecular complexity index is 3270. The lowest BCUT2D eigenvalue weighted by molar-refractivity contribution is -0.325. The summed E-state index contributed by atoms with van der Waals surface area (Å²) in [7, 11) is 2.50. The predicted molar refractivity (Wildman–Crippen MR) is 299 cm³/mol. The third-order valence-corrected chi connectivity index (χ3v) is 15.3. The molecule has 17 N–H and O–H groups in total. The smallest absolute Gasteiger partial charge is 0.331 e. The van der Waals surface area contributed by atoms with E-state index in [4.69, 9.17) is 61.6 Å². The quantitative estimate of drug-likeness (QED) is 0.0242. The molecule has 0 radical (unpaired) electrons. The monoisotopic (exact) mass is 1290 g/mol. The average molecular weight is 1290 g/mol. The zero-order valence-electron chi connectivity index (χ0n) is 48.1. The Hall–Kier alpha value is -7.84. The van der Waals surface area contributed by atoms with Crippen LogP contribution in [0.2, 0.25) is 0 Å². The fraction of sp³-hybridized carbons (Fsp3) is 0.458. The van der Waals surface area contributed by atoms with Gasteiger partial charge >= 0.3 is 11.9 Å². The summed E-state index contributed by atoms with van der Waals surface area (Å²) in [6.45, 7) is -0.812. The number of ether oxygens (including phenoxy) is 13. The highest BCUT2D eigenvalue weighted by molar-refractivity contribution is 5.88. The van der Waals surface area contributed by atoms with Crippen molar-refractivity contribution >= 4 is 30.2 Å². The second-order valence-corrected chi connectivity index (χ2v) is 21.5. The van der Waals surface area contributed by atoms with Crippen molar-refractivity contribution in [2.75, 3.05) is 34.0 Å². The molecule has 4 saturated heterocycles. The molecule has 0 spiro atoms. The summed E-state index contributed by atoms with van der Waals surface area (Å²) in [6.07, 6.45) is -31.0. The minimum absolute atomic E-state index is 0.0431. The van der Waals surface area contributed by atoms with E-state index in [1.54, 1.807) is 0 Å². The number of carbonyl (C=O) groups is 2. The molecule has 496 valence electrons. The molecule has 0 saturated carbocycles. The molecule has 9 rings (SSSR count). The van der Waals surface area contributed by atoms with E-state index in [0.29, 0.717) is 5.56 Å². The summed E-state index contributed by atoms with van der Waals surface area (Å²) < 4.78 is 73.9. The van der Waals surface area contributed by atoms with Gasteiger partial charge in [-0.3, -0.25) is 0 Å². The van der Waals surface area contributed by atoms with Gasteiger partial charge in [0.2, 0.25) is 24.6 Å². The number of aliphatic hydroxyl groups excluding tert-OH is 12. The summed E-state index contributed by atoms with van der Waals surface area (Å²) >= 11 is 0. The number of hydrogen-bond acceptors (Lipinski definition) is 32. The van der Waals surface area contributed by atoms with Gasteiger partial charge in [0.15, 0.2) is 53.0 Å². The standard InChI is InChI=1S/C59H68O32/c1-22-54(91-41(66)11-7-24-5-9-31(30(64)13-24)85-57-51(76)47(72)44(69)38(89-57)20-81-40(65)10-6-23-4-8-28(62)29(63)12-23)49(74)53(78)56(83-22)82-21-39-45(70)48(73)52(77)59(90-39)87-36-18-27-32(84-55(36)25-14-34(79-2)42(67)35(15-25)80-3)16-26(61)17-33(27)86-58-50(75)46(71)43(68)37(19-60)88-58/h4-18,22,37-39,43-64,67-78H,19-21H2,1-3H3. The molecule has 32 heteroatoms. The SMILES string of the molecule is COc1cc(C2Oc3cc(O)cc(OC4OC(CO)C(O)C(O)C4O)c3C=C2OC2OC(COC3OC(C)C(OC(=O)C=Cc4ccc(OC5OC(COC(=O)C=Cc6ccc(O)c(O)c6)C(O)C(O)C5O)c(O)c4)C(O)C3O)C(O)C(O)C2O)cc(OC)c1O. The highest BCUT2D eigenvalue weighted by Crippen LogP contribution is 2.48. The number of benzene rings is 4. The van der Waals surface area contributed by atoms with Gasteiger partial charge in [0, 0.05) is 29.8 Å². The van der Waals surface area contributed by atoms with Crippen LogP contribution in [0.1, 0.15) is 35.3 Å². The summed E-state index contributed by atoms with van der Waals surface area (Å²) in [4.78, 5) is 25.5. The number of phenolic OH excluding ortho intramolecular Hbond substituents is 5. The second kappa shape index (κ2) is 28.8. The molecule has 5 heterocycles. The van der Waals surface area contributed by atoms with E-state index in [2.05, 4.69) is 0 Å². The fourth-order valence-corrected chi connectivity index (χ4v) is 10.2. The van der Waals surface area contributed by atoms with Crippen molar-refractivity contribution in [1.82, 2.24) is 0 Å². The Labute approximate surface area is 515 Å². The van der Waals surface area contributed by atoms with Crippen molar-refractivity contribution < 1.29 is 158 Å². The van der Waals surface area contributed by atoms with Gasteiger partial charge in [0.25, 0.3) is 0 Å². The zero-order valence-corrected chi connectivity index (χ0v) is 48.1. The Morgan fingerprint density at radius 1 is 0.516 bits per heavy atom. The number of methoxy groups -OCH3 is 2. The van der Waals surface area contributed by atoms with Gasteiger partial charge in [-0.25, -0.2) is 9.59 Å². The molecule has 4 aromatic carbocycles. The molecular formula is C59H68O32. The van der Waals surface area contributed by atoms with E-state index in [-0.39, 0.29) is 56.9 Å². The summed E-state index contributed by atoms with van der Waals surface area (Å²) in [6, 6.07) is 12.3. The predicted octanol–water partition coefficient (Wildman–Crippen LogP) is -2.74. The molecule has 0 amide bonds. The fourth-order valence-electron chi connectivity index (χ4n) is 10.2. The Morgan fingerprint density at radius 3 is 1.63 bits per heavy atom. The van der Waals surface area contributed by atoms with Crippen molar-refractivity contribution in [2.45, 2.75) is 136 Å². The Balaban J connectivity index is 0.823. The largest absolute Gasteiger partial charge is 0.508 e. The minimum atomic E-state index is -2.04. The van der Waals surface area contributed by atoms with Crippen LogP contribution in [0.5, 0.6) is 57.5 Å². The molecule has 91 heavy (non-hydrogen) atoms. The molecule has 5 aliphatic heterocycles. The van der Waals surface area contributed by atoms with Crippen molar-refractivity contribution in [2.24, 2.45) is 0 Å². The molecule has 0 aliphatic carbocycles. The normalized spacial score (nSPS) is 33.3. The maximum atomic E-state index is 13.1. The van der Waals surface area contributed by atoms with E-state index in [9.17, 15) is 96.4 Å². The molecule has 0 bridgehead atoms. The lowest BCUT2D eigenvalue weighted by atomic mass is 9.97. The molecule has 32 nitrogen and oxygen atoms in total. The van der Waals surface area contributed by atoms with Crippen molar-refractivity contribution in [3.63, 3.8) is 0 Å². The number of phenols is 5. The van der Waals surface area contributed by atoms with Gasteiger partial charge in [-0.2, -0.15) is 0 Å². The summed E-state index contributed by atoms with van der Waals surface area (Å²) in [5.41, 5.74) is 0.603. The molecule has 4 fully saturated rings. The molecule has 21 atom stereocenters. The first-order chi connectivity index (χ1) is 43.3. The first kappa shape index (κ1) is 67.6. The number of aromatic hydroxyl groups is 5. The maximum Gasteiger partial charge on any atom is 0.331 e. The topological polar surface area (TPSA) is 498 Å². The second-order valence-electron chi connectivity index (χ2n) is 21.5. The Kier molecular flexibility index (Phi) is 21.4.